The Morgan fingerprint density at radius 3 is 2.53 bits per heavy atom. The zero-order valence-corrected chi connectivity index (χ0v) is 10.5. The van der Waals surface area contributed by atoms with Crippen molar-refractivity contribution in [2.24, 2.45) is 5.11 Å². The van der Waals surface area contributed by atoms with Crippen LogP contribution in [0, 0.1) is 13.8 Å². The fraction of sp³-hybridized carbons (Fsp3) is 0.385. The Labute approximate surface area is 102 Å². The number of ether oxygens (including phenoxy) is 1. The van der Waals surface area contributed by atoms with Crippen LogP contribution in [-0.4, -0.2) is 13.7 Å². The van der Waals surface area contributed by atoms with Crippen LogP contribution in [0.5, 0.6) is 5.75 Å². The molecule has 0 saturated carbocycles. The molecule has 0 unspecified atom stereocenters. The molecule has 0 aliphatic carbocycles. The van der Waals surface area contributed by atoms with Crippen molar-refractivity contribution >= 4 is 6.08 Å². The van der Waals surface area contributed by atoms with Gasteiger partial charge in [0.25, 0.3) is 0 Å². The van der Waals surface area contributed by atoms with Crippen molar-refractivity contribution in [3.05, 3.63) is 45.3 Å². The van der Waals surface area contributed by atoms with Gasteiger partial charge in [-0.05, 0) is 54.6 Å². The molecule has 1 aromatic rings. The molecule has 0 aliphatic heterocycles. The summed E-state index contributed by atoms with van der Waals surface area (Å²) in [5.41, 5.74) is 11.7. The normalized spacial score (nSPS) is 10.3. The molecule has 1 rings (SSSR count). The average molecular weight is 231 g/mol. The molecule has 0 fully saturated rings. The second-order valence-corrected chi connectivity index (χ2v) is 3.82. The molecule has 0 spiro atoms. The number of benzene rings is 1. The van der Waals surface area contributed by atoms with E-state index in [2.05, 4.69) is 29.9 Å². The number of nitrogens with zero attached hydrogens (tertiary/aromatic N) is 3. The smallest absolute Gasteiger partial charge is 0.119 e. The molecular weight excluding hydrogens is 214 g/mol. The van der Waals surface area contributed by atoms with Crippen molar-refractivity contribution in [3.63, 3.8) is 0 Å². The van der Waals surface area contributed by atoms with Gasteiger partial charge in [-0.3, -0.25) is 0 Å². The molecule has 1 aromatic carbocycles. The predicted octanol–water partition coefficient (Wildman–Crippen LogP) is 4.03. The van der Waals surface area contributed by atoms with Crippen LogP contribution < -0.4 is 4.74 Å². The fourth-order valence-corrected chi connectivity index (χ4v) is 1.69. The van der Waals surface area contributed by atoms with Crippen LogP contribution in [0.15, 0.2) is 23.3 Å². The van der Waals surface area contributed by atoms with Crippen molar-refractivity contribution < 1.29 is 4.74 Å². The fourth-order valence-electron chi connectivity index (χ4n) is 1.69. The van der Waals surface area contributed by atoms with E-state index in [0.29, 0.717) is 6.54 Å². The molecule has 0 bridgehead atoms. The molecule has 0 aliphatic rings. The second-order valence-electron chi connectivity index (χ2n) is 3.82. The predicted molar refractivity (Wildman–Crippen MR) is 70.1 cm³/mol. The molecule has 0 radical (unpaired) electrons. The van der Waals surface area contributed by atoms with E-state index in [-0.39, 0.29) is 0 Å². The van der Waals surface area contributed by atoms with Crippen molar-refractivity contribution in [2.75, 3.05) is 13.7 Å². The van der Waals surface area contributed by atoms with Gasteiger partial charge in [0.2, 0.25) is 0 Å². The highest BCUT2D eigenvalue weighted by Crippen LogP contribution is 2.22. The summed E-state index contributed by atoms with van der Waals surface area (Å²) in [4.78, 5) is 2.71. The van der Waals surface area contributed by atoms with E-state index in [1.54, 1.807) is 7.11 Å². The quantitative estimate of drug-likeness (QED) is 0.326. The molecule has 0 atom stereocenters. The Hall–Kier alpha value is -1.93. The van der Waals surface area contributed by atoms with E-state index in [1.807, 2.05) is 18.2 Å². The first kappa shape index (κ1) is 13.1. The van der Waals surface area contributed by atoms with Crippen molar-refractivity contribution in [3.8, 4) is 5.75 Å². The minimum absolute atomic E-state index is 0.501. The standard InChI is InChI=1S/C13H17N3O/c1-10-8-12(17-3)9-11(2)13(10)6-4-5-7-15-16-14/h4,6,8-9H,5,7H2,1-3H3. The third kappa shape index (κ3) is 3.85. The minimum atomic E-state index is 0.501. The number of rotatable bonds is 5. The Bertz CT molecular complexity index is 437. The summed E-state index contributed by atoms with van der Waals surface area (Å²) < 4.78 is 5.21. The van der Waals surface area contributed by atoms with Crippen molar-refractivity contribution in [1.29, 1.82) is 0 Å². The highest BCUT2D eigenvalue weighted by atomic mass is 16.5. The topological polar surface area (TPSA) is 58.0 Å². The molecule has 0 N–H and O–H groups in total. The van der Waals surface area contributed by atoms with Crippen LogP contribution in [0.1, 0.15) is 23.1 Å². The summed E-state index contributed by atoms with van der Waals surface area (Å²) in [5, 5.41) is 3.48. The molecule has 4 heteroatoms. The Morgan fingerprint density at radius 1 is 1.35 bits per heavy atom. The summed E-state index contributed by atoms with van der Waals surface area (Å²) in [6.07, 6.45) is 4.85. The molecule has 4 nitrogen and oxygen atoms in total. The van der Waals surface area contributed by atoms with Crippen LogP contribution in [0.4, 0.5) is 0 Å². The van der Waals surface area contributed by atoms with E-state index < -0.39 is 0 Å². The van der Waals surface area contributed by atoms with Gasteiger partial charge >= 0.3 is 0 Å². The Kier molecular flexibility index (Phi) is 5.11. The molecule has 0 amide bonds. The molecular formula is C13H17N3O. The van der Waals surface area contributed by atoms with Gasteiger partial charge in [0.15, 0.2) is 0 Å². The summed E-state index contributed by atoms with van der Waals surface area (Å²) in [6, 6.07) is 4.03. The maximum absolute atomic E-state index is 8.15. The number of azide groups is 1. The van der Waals surface area contributed by atoms with Gasteiger partial charge in [0.05, 0.1) is 7.11 Å². The number of hydrogen-bond acceptors (Lipinski definition) is 2. The molecule has 17 heavy (non-hydrogen) atoms. The lowest BCUT2D eigenvalue weighted by molar-refractivity contribution is 0.414. The zero-order chi connectivity index (χ0) is 12.7. The molecule has 0 saturated heterocycles. The SMILES string of the molecule is COc1cc(C)c(C=CCCN=[N+]=[N-])c(C)c1. The van der Waals surface area contributed by atoms with Gasteiger partial charge in [0.1, 0.15) is 5.75 Å². The second kappa shape index (κ2) is 6.61. The number of hydrogen-bond donors (Lipinski definition) is 0. The van der Waals surface area contributed by atoms with Gasteiger partial charge in [-0.15, -0.1) is 0 Å². The van der Waals surface area contributed by atoms with E-state index in [9.17, 15) is 0 Å². The first-order valence-electron chi connectivity index (χ1n) is 5.51. The molecule has 0 aromatic heterocycles. The van der Waals surface area contributed by atoms with E-state index in [0.717, 1.165) is 12.2 Å². The van der Waals surface area contributed by atoms with Gasteiger partial charge in [0, 0.05) is 11.5 Å². The summed E-state index contributed by atoms with van der Waals surface area (Å²) >= 11 is 0. The maximum Gasteiger partial charge on any atom is 0.119 e. The van der Waals surface area contributed by atoms with Gasteiger partial charge in [-0.2, -0.15) is 0 Å². The third-order valence-electron chi connectivity index (χ3n) is 2.55. The van der Waals surface area contributed by atoms with Crippen LogP contribution in [-0.2, 0) is 0 Å². The Morgan fingerprint density at radius 2 is 2.00 bits per heavy atom. The summed E-state index contributed by atoms with van der Waals surface area (Å²) in [7, 11) is 1.67. The van der Waals surface area contributed by atoms with Gasteiger partial charge in [-0.25, -0.2) is 0 Å². The van der Waals surface area contributed by atoms with Gasteiger partial charge < -0.3 is 4.74 Å². The lowest BCUT2D eigenvalue weighted by Gasteiger charge is -2.08. The van der Waals surface area contributed by atoms with Crippen LogP contribution >= 0.6 is 0 Å². The largest absolute Gasteiger partial charge is 0.497 e. The molecule has 0 heterocycles. The average Bonchev–Trinajstić information content (AvgIpc) is 2.31. The highest BCUT2D eigenvalue weighted by molar-refractivity contribution is 5.59. The third-order valence-corrected chi connectivity index (χ3v) is 2.55. The number of aryl methyl sites for hydroxylation is 2. The highest BCUT2D eigenvalue weighted by Gasteiger charge is 2.02. The van der Waals surface area contributed by atoms with E-state index in [4.69, 9.17) is 10.3 Å². The zero-order valence-electron chi connectivity index (χ0n) is 10.5. The first-order chi connectivity index (χ1) is 8.19. The Balaban J connectivity index is 2.80. The van der Waals surface area contributed by atoms with Crippen molar-refractivity contribution in [2.45, 2.75) is 20.3 Å². The van der Waals surface area contributed by atoms with Crippen LogP contribution in [0.2, 0.25) is 0 Å². The van der Waals surface area contributed by atoms with Crippen molar-refractivity contribution in [1.82, 2.24) is 0 Å². The van der Waals surface area contributed by atoms with E-state index >= 15 is 0 Å². The molecule has 90 valence electrons. The maximum atomic E-state index is 8.15. The first-order valence-corrected chi connectivity index (χ1v) is 5.51. The summed E-state index contributed by atoms with van der Waals surface area (Å²) in [6.45, 7) is 4.62. The number of methoxy groups -OCH3 is 1. The monoisotopic (exact) mass is 231 g/mol. The minimum Gasteiger partial charge on any atom is -0.497 e. The lowest BCUT2D eigenvalue weighted by atomic mass is 10.0. The van der Waals surface area contributed by atoms with E-state index in [1.165, 1.54) is 16.7 Å². The summed E-state index contributed by atoms with van der Waals surface area (Å²) in [5.74, 6) is 0.881. The lowest BCUT2D eigenvalue weighted by Crippen LogP contribution is -1.90. The van der Waals surface area contributed by atoms with Crippen LogP contribution in [0.25, 0.3) is 16.5 Å². The van der Waals surface area contributed by atoms with Crippen LogP contribution in [0.3, 0.4) is 0 Å². The van der Waals surface area contributed by atoms with Gasteiger partial charge in [-0.1, -0.05) is 17.3 Å².